The first-order valence-corrected chi connectivity index (χ1v) is 9.64. The number of ether oxygens (including phenoxy) is 1. The zero-order chi connectivity index (χ0) is 21.0. The summed E-state index contributed by atoms with van der Waals surface area (Å²) in [6, 6.07) is 9.19. The number of alkyl halides is 3. The number of halogens is 3. The van der Waals surface area contributed by atoms with E-state index in [1.807, 2.05) is 19.9 Å². The van der Waals surface area contributed by atoms with Crippen LogP contribution in [0, 0.1) is 0 Å². The average Bonchev–Trinajstić information content (AvgIpc) is 2.69. The van der Waals surface area contributed by atoms with Gasteiger partial charge in [0.05, 0.1) is 17.7 Å². The van der Waals surface area contributed by atoms with Crippen molar-refractivity contribution in [1.82, 2.24) is 9.88 Å². The third kappa shape index (κ3) is 4.81. The van der Waals surface area contributed by atoms with Crippen LogP contribution in [0.4, 0.5) is 19.0 Å². The van der Waals surface area contributed by atoms with Crippen molar-refractivity contribution in [1.29, 1.82) is 0 Å². The number of rotatable bonds is 5. The van der Waals surface area contributed by atoms with Gasteiger partial charge < -0.3 is 15.0 Å². The van der Waals surface area contributed by atoms with Crippen LogP contribution in [-0.2, 0) is 6.18 Å². The van der Waals surface area contributed by atoms with Gasteiger partial charge in [0.25, 0.3) is 5.91 Å². The third-order valence-corrected chi connectivity index (χ3v) is 5.09. The number of carbonyl (C=O) groups excluding carboxylic acids is 1. The summed E-state index contributed by atoms with van der Waals surface area (Å²) in [5.74, 6) is 0.791. The van der Waals surface area contributed by atoms with E-state index in [-0.39, 0.29) is 18.0 Å². The molecule has 1 aromatic carbocycles. The number of hydrogen-bond donors (Lipinski definition) is 1. The molecule has 1 aliphatic heterocycles. The van der Waals surface area contributed by atoms with E-state index >= 15 is 0 Å². The van der Waals surface area contributed by atoms with Gasteiger partial charge in [-0.05, 0) is 51.0 Å². The summed E-state index contributed by atoms with van der Waals surface area (Å²) in [7, 11) is 0. The summed E-state index contributed by atoms with van der Waals surface area (Å²) < 4.78 is 43.7. The van der Waals surface area contributed by atoms with Gasteiger partial charge in [0.2, 0.25) is 0 Å². The van der Waals surface area contributed by atoms with Gasteiger partial charge >= 0.3 is 6.18 Å². The number of aromatic nitrogens is 1. The Kier molecular flexibility index (Phi) is 6.30. The van der Waals surface area contributed by atoms with Crippen molar-refractivity contribution in [3.63, 3.8) is 0 Å². The van der Waals surface area contributed by atoms with Crippen molar-refractivity contribution in [2.24, 2.45) is 0 Å². The van der Waals surface area contributed by atoms with Gasteiger partial charge in [-0.1, -0.05) is 12.1 Å². The summed E-state index contributed by atoms with van der Waals surface area (Å²) >= 11 is 0. The quantitative estimate of drug-likeness (QED) is 0.787. The van der Waals surface area contributed by atoms with Crippen LogP contribution in [0.1, 0.15) is 42.6 Å². The first-order chi connectivity index (χ1) is 13.8. The predicted molar refractivity (Wildman–Crippen MR) is 104 cm³/mol. The molecule has 1 aliphatic rings. The summed E-state index contributed by atoms with van der Waals surface area (Å²) in [6.07, 6.45) is -2.02. The zero-order valence-electron chi connectivity index (χ0n) is 16.4. The molecule has 1 fully saturated rings. The first kappa shape index (κ1) is 21.0. The molecule has 156 valence electrons. The van der Waals surface area contributed by atoms with Crippen LogP contribution >= 0.6 is 0 Å². The third-order valence-electron chi connectivity index (χ3n) is 5.09. The summed E-state index contributed by atoms with van der Waals surface area (Å²) in [4.78, 5) is 18.8. The number of nitrogens with zero attached hydrogens (tertiary/aromatic N) is 2. The molecule has 1 aromatic heterocycles. The molecule has 3 rings (SSSR count). The Morgan fingerprint density at radius 3 is 2.69 bits per heavy atom. The first-order valence-electron chi connectivity index (χ1n) is 9.64. The van der Waals surface area contributed by atoms with E-state index in [0.29, 0.717) is 30.3 Å². The van der Waals surface area contributed by atoms with E-state index in [0.717, 1.165) is 25.1 Å². The Labute approximate surface area is 167 Å². The molecule has 2 aromatic rings. The largest absolute Gasteiger partial charge is 0.493 e. The fourth-order valence-corrected chi connectivity index (χ4v) is 3.54. The maximum atomic E-state index is 13.1. The minimum absolute atomic E-state index is 0.115. The molecule has 1 amide bonds. The highest BCUT2D eigenvalue weighted by atomic mass is 19.4. The van der Waals surface area contributed by atoms with Gasteiger partial charge in [-0.2, -0.15) is 13.2 Å². The molecule has 5 nitrogen and oxygen atoms in total. The molecule has 29 heavy (non-hydrogen) atoms. The van der Waals surface area contributed by atoms with Crippen LogP contribution in [0.15, 0.2) is 42.6 Å². The maximum absolute atomic E-state index is 13.1. The predicted octanol–water partition coefficient (Wildman–Crippen LogP) is 4.60. The lowest BCUT2D eigenvalue weighted by Gasteiger charge is -2.40. The standard InChI is InChI=1S/C21H24F3N3O2/c1-3-29-18-9-5-4-7-16(18)20(28)27-12-6-8-17(14(27)2)26-19-11-10-15(13-25-19)21(22,23)24/h4-5,7,9-11,13-14,17H,3,6,8,12H2,1-2H3,(H,25,26)/t14-,17+/m0/s1. The van der Waals surface area contributed by atoms with E-state index in [2.05, 4.69) is 10.3 Å². The highest BCUT2D eigenvalue weighted by Gasteiger charge is 2.33. The molecule has 2 heterocycles. The minimum Gasteiger partial charge on any atom is -0.493 e. The number of piperidine rings is 1. The summed E-state index contributed by atoms with van der Waals surface area (Å²) in [5, 5.41) is 3.18. The molecule has 8 heteroatoms. The van der Waals surface area contributed by atoms with E-state index in [9.17, 15) is 18.0 Å². The lowest BCUT2D eigenvalue weighted by Crippen LogP contribution is -2.52. The average molecular weight is 407 g/mol. The number of carbonyl (C=O) groups is 1. The second-order valence-electron chi connectivity index (χ2n) is 6.99. The molecule has 1 N–H and O–H groups in total. The van der Waals surface area contributed by atoms with Crippen LogP contribution in [0.2, 0.25) is 0 Å². The Hall–Kier alpha value is -2.77. The van der Waals surface area contributed by atoms with Crippen LogP contribution in [-0.4, -0.2) is 41.0 Å². The molecule has 0 unspecified atom stereocenters. The highest BCUT2D eigenvalue weighted by molar-refractivity contribution is 5.97. The Morgan fingerprint density at radius 2 is 2.03 bits per heavy atom. The van der Waals surface area contributed by atoms with Crippen molar-refractivity contribution in [2.45, 2.75) is 44.9 Å². The van der Waals surface area contributed by atoms with Gasteiger partial charge in [0.15, 0.2) is 0 Å². The fraction of sp³-hybridized carbons (Fsp3) is 0.429. The SMILES string of the molecule is CCOc1ccccc1C(=O)N1CCC[C@@H](Nc2ccc(C(F)(F)F)cn2)[C@@H]1C. The fourth-order valence-electron chi connectivity index (χ4n) is 3.54. The normalized spacial score (nSPS) is 19.7. The molecule has 2 atom stereocenters. The van der Waals surface area contributed by atoms with Gasteiger partial charge in [-0.15, -0.1) is 0 Å². The van der Waals surface area contributed by atoms with Crippen molar-refractivity contribution in [2.75, 3.05) is 18.5 Å². The Morgan fingerprint density at radius 1 is 1.28 bits per heavy atom. The van der Waals surface area contributed by atoms with Crippen molar-refractivity contribution in [3.05, 3.63) is 53.7 Å². The monoisotopic (exact) mass is 407 g/mol. The lowest BCUT2D eigenvalue weighted by molar-refractivity contribution is -0.137. The summed E-state index contributed by atoms with van der Waals surface area (Å²) in [5.41, 5.74) is -0.279. The Balaban J connectivity index is 1.73. The van der Waals surface area contributed by atoms with Gasteiger partial charge in [-0.25, -0.2) is 4.98 Å². The van der Waals surface area contributed by atoms with Gasteiger partial charge in [-0.3, -0.25) is 4.79 Å². The number of pyridine rings is 1. The molecule has 0 aliphatic carbocycles. The topological polar surface area (TPSA) is 54.5 Å². The summed E-state index contributed by atoms with van der Waals surface area (Å²) in [6.45, 7) is 4.87. The lowest BCUT2D eigenvalue weighted by atomic mass is 9.96. The van der Waals surface area contributed by atoms with Crippen molar-refractivity contribution >= 4 is 11.7 Å². The zero-order valence-corrected chi connectivity index (χ0v) is 16.4. The van der Waals surface area contributed by atoms with E-state index in [1.54, 1.807) is 23.1 Å². The number of hydrogen-bond acceptors (Lipinski definition) is 4. The number of likely N-dealkylation sites (tertiary alicyclic amines) is 1. The van der Waals surface area contributed by atoms with Gasteiger partial charge in [0, 0.05) is 24.8 Å². The van der Waals surface area contributed by atoms with E-state index in [1.165, 1.54) is 6.07 Å². The van der Waals surface area contributed by atoms with Crippen LogP contribution < -0.4 is 10.1 Å². The number of nitrogens with one attached hydrogen (secondary N) is 1. The van der Waals surface area contributed by atoms with Crippen LogP contribution in [0.3, 0.4) is 0 Å². The number of para-hydroxylation sites is 1. The molecule has 1 saturated heterocycles. The molecular weight excluding hydrogens is 383 g/mol. The van der Waals surface area contributed by atoms with E-state index in [4.69, 9.17) is 4.74 Å². The molecule has 0 bridgehead atoms. The van der Waals surface area contributed by atoms with Crippen molar-refractivity contribution < 1.29 is 22.7 Å². The molecular formula is C21H24F3N3O2. The molecule has 0 saturated carbocycles. The van der Waals surface area contributed by atoms with Crippen LogP contribution in [0.25, 0.3) is 0 Å². The number of benzene rings is 1. The minimum atomic E-state index is -4.42. The van der Waals surface area contributed by atoms with E-state index < -0.39 is 11.7 Å². The smallest absolute Gasteiger partial charge is 0.417 e. The van der Waals surface area contributed by atoms with Crippen molar-refractivity contribution in [3.8, 4) is 5.75 Å². The number of anilines is 1. The second kappa shape index (κ2) is 8.71. The molecule has 0 radical (unpaired) electrons. The second-order valence-corrected chi connectivity index (χ2v) is 6.99. The maximum Gasteiger partial charge on any atom is 0.417 e. The highest BCUT2D eigenvalue weighted by Crippen LogP contribution is 2.30. The number of amides is 1. The Bertz CT molecular complexity index is 840. The van der Waals surface area contributed by atoms with Gasteiger partial charge in [0.1, 0.15) is 11.6 Å². The molecule has 0 spiro atoms. The van der Waals surface area contributed by atoms with Crippen LogP contribution in [0.5, 0.6) is 5.75 Å².